The van der Waals surface area contributed by atoms with Crippen molar-refractivity contribution in [1.82, 2.24) is 9.97 Å². The van der Waals surface area contributed by atoms with E-state index in [9.17, 15) is 0 Å². The highest BCUT2D eigenvalue weighted by Crippen LogP contribution is 2.35. The number of nitrogens with one attached hydrogen (secondary N) is 1. The van der Waals surface area contributed by atoms with Crippen LogP contribution in [0, 0.1) is 6.92 Å². The third-order valence-corrected chi connectivity index (χ3v) is 3.94. The highest BCUT2D eigenvalue weighted by molar-refractivity contribution is 5.55. The van der Waals surface area contributed by atoms with Crippen molar-refractivity contribution in [1.29, 1.82) is 0 Å². The molecule has 1 N–H and O–H groups in total. The molecule has 0 aliphatic heterocycles. The summed E-state index contributed by atoms with van der Waals surface area (Å²) in [4.78, 5) is 9.34. The predicted octanol–water partition coefficient (Wildman–Crippen LogP) is 4.13. The van der Waals surface area contributed by atoms with E-state index in [0.29, 0.717) is 11.7 Å². The van der Waals surface area contributed by atoms with E-state index in [0.717, 1.165) is 29.4 Å². The number of rotatable bonds is 4. The van der Waals surface area contributed by atoms with Gasteiger partial charge in [0.15, 0.2) is 11.6 Å². The van der Waals surface area contributed by atoms with Crippen LogP contribution in [0.5, 0.6) is 0 Å². The molecule has 0 spiro atoms. The number of nitrogens with zero attached hydrogens (tertiary/aromatic N) is 2. The fourth-order valence-corrected chi connectivity index (χ4v) is 2.87. The summed E-state index contributed by atoms with van der Waals surface area (Å²) in [5, 5.41) is 3.30. The molecule has 4 heteroatoms. The quantitative estimate of drug-likeness (QED) is 0.908. The largest absolute Gasteiger partial charge is 0.461 e. The summed E-state index contributed by atoms with van der Waals surface area (Å²) in [6.45, 7) is 4.96. The van der Waals surface area contributed by atoms with Crippen molar-refractivity contribution in [3.8, 4) is 11.6 Å². The van der Waals surface area contributed by atoms with Gasteiger partial charge in [-0.05, 0) is 38.3 Å². The van der Waals surface area contributed by atoms with Crippen molar-refractivity contribution in [2.24, 2.45) is 0 Å². The van der Waals surface area contributed by atoms with Crippen LogP contribution >= 0.6 is 0 Å². The number of hydrogen-bond acceptors (Lipinski definition) is 4. The Kier molecular flexibility index (Phi) is 3.72. The smallest absolute Gasteiger partial charge is 0.198 e. The summed E-state index contributed by atoms with van der Waals surface area (Å²) in [6.07, 6.45) is 6.78. The Balaban J connectivity index is 2.02. The van der Waals surface area contributed by atoms with Crippen LogP contribution in [-0.2, 0) is 0 Å². The number of anilines is 1. The molecule has 1 aliphatic carbocycles. The summed E-state index contributed by atoms with van der Waals surface area (Å²) in [7, 11) is 0. The maximum Gasteiger partial charge on any atom is 0.198 e. The second-order valence-electron chi connectivity index (χ2n) is 5.45. The van der Waals surface area contributed by atoms with Crippen molar-refractivity contribution in [3.63, 3.8) is 0 Å². The molecule has 0 radical (unpaired) electrons. The first-order valence-corrected chi connectivity index (χ1v) is 7.45. The molecule has 0 amide bonds. The molecule has 1 aliphatic rings. The topological polar surface area (TPSA) is 51.0 Å². The van der Waals surface area contributed by atoms with Crippen LogP contribution in [0.25, 0.3) is 11.6 Å². The molecular weight excluding hydrogens is 250 g/mol. The van der Waals surface area contributed by atoms with Crippen molar-refractivity contribution in [2.45, 2.75) is 45.4 Å². The van der Waals surface area contributed by atoms with Gasteiger partial charge in [0.05, 0.1) is 6.26 Å². The van der Waals surface area contributed by atoms with Crippen molar-refractivity contribution >= 4 is 5.82 Å². The number of hydrogen-bond donors (Lipinski definition) is 1. The Bertz CT molecular complexity index is 585. The third kappa shape index (κ3) is 2.55. The van der Waals surface area contributed by atoms with E-state index in [1.165, 1.54) is 25.7 Å². The first kappa shape index (κ1) is 13.2. The average Bonchev–Trinajstić information content (AvgIpc) is 3.09. The summed E-state index contributed by atoms with van der Waals surface area (Å²) >= 11 is 0. The Morgan fingerprint density at radius 2 is 2.10 bits per heavy atom. The molecule has 0 unspecified atom stereocenters. The molecule has 2 aromatic heterocycles. The zero-order valence-electron chi connectivity index (χ0n) is 12.1. The minimum Gasteiger partial charge on any atom is -0.461 e. The Morgan fingerprint density at radius 3 is 2.75 bits per heavy atom. The van der Waals surface area contributed by atoms with Gasteiger partial charge in [0.25, 0.3) is 0 Å². The van der Waals surface area contributed by atoms with Gasteiger partial charge in [-0.25, -0.2) is 9.97 Å². The Morgan fingerprint density at radius 1 is 1.30 bits per heavy atom. The van der Waals surface area contributed by atoms with Crippen LogP contribution in [0.15, 0.2) is 22.8 Å². The molecule has 1 saturated carbocycles. The molecular formula is C16H21N3O. The number of aromatic nitrogens is 2. The van der Waals surface area contributed by atoms with Crippen LogP contribution in [0.4, 0.5) is 5.82 Å². The van der Waals surface area contributed by atoms with Gasteiger partial charge in [-0.1, -0.05) is 12.8 Å². The van der Waals surface area contributed by atoms with Gasteiger partial charge in [-0.2, -0.15) is 0 Å². The van der Waals surface area contributed by atoms with Gasteiger partial charge in [-0.15, -0.1) is 0 Å². The Hall–Kier alpha value is -1.84. The monoisotopic (exact) mass is 271 g/mol. The lowest BCUT2D eigenvalue weighted by Gasteiger charge is -2.12. The zero-order valence-corrected chi connectivity index (χ0v) is 12.1. The third-order valence-electron chi connectivity index (χ3n) is 3.94. The predicted molar refractivity (Wildman–Crippen MR) is 79.8 cm³/mol. The van der Waals surface area contributed by atoms with Crippen LogP contribution in [0.2, 0.25) is 0 Å². The normalized spacial score (nSPS) is 15.7. The molecule has 1 fully saturated rings. The van der Waals surface area contributed by atoms with Crippen LogP contribution in [0.3, 0.4) is 0 Å². The molecule has 3 rings (SSSR count). The second kappa shape index (κ2) is 5.65. The highest BCUT2D eigenvalue weighted by Gasteiger charge is 2.21. The SMILES string of the molecule is CCNc1cc(C2CCCC2)nc(-c2occc2C)n1. The minimum atomic E-state index is 0.574. The first-order valence-electron chi connectivity index (χ1n) is 7.45. The van der Waals surface area contributed by atoms with Gasteiger partial charge in [-0.3, -0.25) is 0 Å². The summed E-state index contributed by atoms with van der Waals surface area (Å²) in [5.41, 5.74) is 2.23. The maximum absolute atomic E-state index is 5.55. The van der Waals surface area contributed by atoms with Crippen LogP contribution < -0.4 is 5.32 Å². The van der Waals surface area contributed by atoms with Gasteiger partial charge in [0.1, 0.15) is 5.82 Å². The number of furan rings is 1. The summed E-state index contributed by atoms with van der Waals surface area (Å²) in [5.74, 6) is 2.96. The molecule has 0 saturated heterocycles. The summed E-state index contributed by atoms with van der Waals surface area (Å²) in [6, 6.07) is 4.05. The van der Waals surface area contributed by atoms with Crippen molar-refractivity contribution in [2.75, 3.05) is 11.9 Å². The lowest BCUT2D eigenvalue weighted by atomic mass is 10.0. The molecule has 2 aromatic rings. The van der Waals surface area contributed by atoms with E-state index < -0.39 is 0 Å². The standard InChI is InChI=1S/C16H21N3O/c1-3-17-14-10-13(12-6-4-5-7-12)18-16(19-14)15-11(2)8-9-20-15/h8-10,12H,3-7H2,1-2H3,(H,17,18,19). The molecule has 0 atom stereocenters. The molecule has 0 aromatic carbocycles. The van der Waals surface area contributed by atoms with Crippen LogP contribution in [0.1, 0.15) is 49.8 Å². The fraction of sp³-hybridized carbons (Fsp3) is 0.500. The second-order valence-corrected chi connectivity index (χ2v) is 5.45. The fourth-order valence-electron chi connectivity index (χ4n) is 2.87. The molecule has 106 valence electrons. The van der Waals surface area contributed by atoms with Crippen molar-refractivity contribution in [3.05, 3.63) is 29.7 Å². The van der Waals surface area contributed by atoms with E-state index in [2.05, 4.69) is 23.3 Å². The Labute approximate surface area is 119 Å². The van der Waals surface area contributed by atoms with Gasteiger partial charge in [0.2, 0.25) is 0 Å². The molecule has 4 nitrogen and oxygen atoms in total. The van der Waals surface area contributed by atoms with E-state index in [-0.39, 0.29) is 0 Å². The van der Waals surface area contributed by atoms with Gasteiger partial charge in [0, 0.05) is 24.2 Å². The highest BCUT2D eigenvalue weighted by atomic mass is 16.3. The minimum absolute atomic E-state index is 0.574. The zero-order chi connectivity index (χ0) is 13.9. The molecule has 20 heavy (non-hydrogen) atoms. The average molecular weight is 271 g/mol. The van der Waals surface area contributed by atoms with E-state index in [4.69, 9.17) is 9.40 Å². The molecule has 0 bridgehead atoms. The van der Waals surface area contributed by atoms with Crippen LogP contribution in [-0.4, -0.2) is 16.5 Å². The van der Waals surface area contributed by atoms with Gasteiger partial charge < -0.3 is 9.73 Å². The molecule has 2 heterocycles. The van der Waals surface area contributed by atoms with Crippen molar-refractivity contribution < 1.29 is 4.42 Å². The summed E-state index contributed by atoms with van der Waals surface area (Å²) < 4.78 is 5.55. The lowest BCUT2D eigenvalue weighted by Crippen LogP contribution is -2.06. The van der Waals surface area contributed by atoms with Gasteiger partial charge >= 0.3 is 0 Å². The maximum atomic E-state index is 5.55. The van der Waals surface area contributed by atoms with E-state index in [1.807, 2.05) is 13.0 Å². The van der Waals surface area contributed by atoms with E-state index in [1.54, 1.807) is 6.26 Å². The first-order chi connectivity index (χ1) is 9.78. The number of aryl methyl sites for hydroxylation is 1. The lowest BCUT2D eigenvalue weighted by molar-refractivity contribution is 0.574. The van der Waals surface area contributed by atoms with E-state index >= 15 is 0 Å².